The van der Waals surface area contributed by atoms with Crippen molar-refractivity contribution >= 4 is 54.8 Å². The van der Waals surface area contributed by atoms with Crippen LogP contribution >= 0.6 is 22.7 Å². The second-order valence-corrected chi connectivity index (χ2v) is 11.3. The van der Waals surface area contributed by atoms with E-state index in [-0.39, 0.29) is 5.91 Å². The molecule has 1 fully saturated rings. The molecule has 39 heavy (non-hydrogen) atoms. The molecule has 0 N–H and O–H groups in total. The molecule has 1 saturated heterocycles. The van der Waals surface area contributed by atoms with Gasteiger partial charge in [0.1, 0.15) is 11.3 Å². The first kappa shape index (κ1) is 25.9. The minimum atomic E-state index is -0.0644. The Morgan fingerprint density at radius 1 is 1.08 bits per heavy atom. The van der Waals surface area contributed by atoms with Gasteiger partial charge in [0.2, 0.25) is 0 Å². The van der Waals surface area contributed by atoms with Crippen LogP contribution in [0, 0.1) is 0 Å². The number of pyridine rings is 1. The molecule has 4 heterocycles. The van der Waals surface area contributed by atoms with Crippen LogP contribution < -0.4 is 9.64 Å². The average Bonchev–Trinajstić information content (AvgIpc) is 3.66. The van der Waals surface area contributed by atoms with Gasteiger partial charge in [-0.25, -0.2) is 9.97 Å². The Labute approximate surface area is 235 Å². The highest BCUT2D eigenvalue weighted by molar-refractivity contribution is 7.22. The number of fused-ring (bicyclic) bond motifs is 2. The highest BCUT2D eigenvalue weighted by Crippen LogP contribution is 2.36. The predicted octanol–water partition coefficient (Wildman–Crippen LogP) is 6.34. The molecule has 1 aliphatic rings. The van der Waals surface area contributed by atoms with E-state index >= 15 is 0 Å². The normalized spacial score (nSPS) is 14.2. The molecule has 0 radical (unpaired) electrons. The zero-order valence-corrected chi connectivity index (χ0v) is 23.5. The summed E-state index contributed by atoms with van der Waals surface area (Å²) in [5.41, 5.74) is 3.05. The molecule has 6 rings (SSSR count). The molecule has 0 saturated carbocycles. The van der Waals surface area contributed by atoms with Crippen molar-refractivity contribution in [2.24, 2.45) is 0 Å². The van der Waals surface area contributed by atoms with E-state index in [0.717, 1.165) is 76.7 Å². The monoisotopic (exact) mass is 558 g/mol. The van der Waals surface area contributed by atoms with Gasteiger partial charge in [-0.3, -0.25) is 14.6 Å². The molecule has 200 valence electrons. The SMILES string of the molecule is CCOc1cccc2sc(N(CCCN3CCOCC3)C(=O)c3cc(-c4cccs4)nc4ccccc34)nc12. The number of benzene rings is 2. The number of amides is 1. The largest absolute Gasteiger partial charge is 0.492 e. The number of thiophene rings is 1. The van der Waals surface area contributed by atoms with E-state index in [4.69, 9.17) is 19.4 Å². The molecule has 2 aromatic carbocycles. The van der Waals surface area contributed by atoms with Gasteiger partial charge in [0.05, 0.1) is 46.2 Å². The van der Waals surface area contributed by atoms with Gasteiger partial charge in [0.25, 0.3) is 5.91 Å². The summed E-state index contributed by atoms with van der Waals surface area (Å²) in [6, 6.07) is 19.8. The Balaban J connectivity index is 1.40. The number of rotatable bonds is 9. The fourth-order valence-corrected chi connectivity index (χ4v) is 6.60. The van der Waals surface area contributed by atoms with Gasteiger partial charge in [-0.1, -0.05) is 41.7 Å². The lowest BCUT2D eigenvalue weighted by Crippen LogP contribution is -2.39. The Morgan fingerprint density at radius 3 is 2.77 bits per heavy atom. The summed E-state index contributed by atoms with van der Waals surface area (Å²) in [5.74, 6) is 0.679. The maximum atomic E-state index is 14.5. The predicted molar refractivity (Wildman–Crippen MR) is 159 cm³/mol. The van der Waals surface area contributed by atoms with E-state index in [9.17, 15) is 4.79 Å². The van der Waals surface area contributed by atoms with E-state index in [1.165, 1.54) is 11.3 Å². The van der Waals surface area contributed by atoms with E-state index in [1.54, 1.807) is 11.3 Å². The van der Waals surface area contributed by atoms with Gasteiger partial charge >= 0.3 is 0 Å². The van der Waals surface area contributed by atoms with E-state index in [2.05, 4.69) is 4.90 Å². The average molecular weight is 559 g/mol. The van der Waals surface area contributed by atoms with Crippen molar-refractivity contribution < 1.29 is 14.3 Å². The standard InChI is InChI=1S/C30H30N4O3S2/c1-2-37-25-10-5-11-27-28(25)32-30(39-27)34(14-7-13-33-15-17-36-18-16-33)29(35)22-20-24(26-12-6-19-38-26)31-23-9-4-3-8-21(22)23/h3-6,8-12,19-20H,2,7,13-18H2,1H3. The van der Waals surface area contributed by atoms with Gasteiger partial charge in [-0.15, -0.1) is 11.3 Å². The van der Waals surface area contributed by atoms with Crippen LogP contribution in [-0.4, -0.2) is 66.8 Å². The first-order valence-corrected chi connectivity index (χ1v) is 15.0. The smallest absolute Gasteiger partial charge is 0.260 e. The molecule has 5 aromatic rings. The zero-order valence-electron chi connectivity index (χ0n) is 21.8. The molecule has 1 amide bonds. The summed E-state index contributed by atoms with van der Waals surface area (Å²) in [4.78, 5) is 29.6. The van der Waals surface area contributed by atoms with E-state index in [1.807, 2.05) is 77.9 Å². The van der Waals surface area contributed by atoms with Crippen LogP contribution in [0.1, 0.15) is 23.7 Å². The molecule has 0 aliphatic carbocycles. The molecular weight excluding hydrogens is 528 g/mol. The van der Waals surface area contributed by atoms with Gasteiger partial charge < -0.3 is 9.47 Å². The fourth-order valence-electron chi connectivity index (χ4n) is 4.91. The van der Waals surface area contributed by atoms with Crippen molar-refractivity contribution in [2.75, 3.05) is 50.9 Å². The van der Waals surface area contributed by atoms with Gasteiger partial charge in [0.15, 0.2) is 5.13 Å². The topological polar surface area (TPSA) is 67.8 Å². The van der Waals surface area contributed by atoms with Gasteiger partial charge in [-0.2, -0.15) is 0 Å². The number of para-hydroxylation sites is 2. The highest BCUT2D eigenvalue weighted by Gasteiger charge is 2.25. The molecule has 0 bridgehead atoms. The molecule has 0 spiro atoms. The molecule has 0 atom stereocenters. The number of anilines is 1. The summed E-state index contributed by atoms with van der Waals surface area (Å²) in [5, 5.41) is 3.56. The van der Waals surface area contributed by atoms with E-state index < -0.39 is 0 Å². The Kier molecular flexibility index (Phi) is 7.83. The lowest BCUT2D eigenvalue weighted by Gasteiger charge is -2.28. The van der Waals surface area contributed by atoms with Gasteiger partial charge in [0, 0.05) is 31.6 Å². The number of nitrogens with zero attached hydrogens (tertiary/aromatic N) is 4. The maximum absolute atomic E-state index is 14.5. The van der Waals surface area contributed by atoms with Crippen LogP contribution in [0.5, 0.6) is 5.75 Å². The number of hydrogen-bond donors (Lipinski definition) is 0. The van der Waals surface area contributed by atoms with Crippen LogP contribution in [-0.2, 0) is 4.74 Å². The van der Waals surface area contributed by atoms with Crippen LogP contribution in [0.3, 0.4) is 0 Å². The number of morpholine rings is 1. The van der Waals surface area contributed by atoms with Crippen molar-refractivity contribution in [3.8, 4) is 16.3 Å². The van der Waals surface area contributed by atoms with Crippen LogP contribution in [0.25, 0.3) is 31.7 Å². The molecule has 1 aliphatic heterocycles. The Hall–Kier alpha value is -3.37. The van der Waals surface area contributed by atoms with Crippen molar-refractivity contribution in [2.45, 2.75) is 13.3 Å². The zero-order chi connectivity index (χ0) is 26.6. The lowest BCUT2D eigenvalue weighted by atomic mass is 10.1. The minimum Gasteiger partial charge on any atom is -0.492 e. The maximum Gasteiger partial charge on any atom is 0.260 e. The van der Waals surface area contributed by atoms with Crippen LogP contribution in [0.4, 0.5) is 5.13 Å². The van der Waals surface area contributed by atoms with Crippen molar-refractivity contribution in [3.63, 3.8) is 0 Å². The highest BCUT2D eigenvalue weighted by atomic mass is 32.1. The Morgan fingerprint density at radius 2 is 1.95 bits per heavy atom. The molecule has 0 unspecified atom stereocenters. The first-order valence-electron chi connectivity index (χ1n) is 13.3. The number of ether oxygens (including phenoxy) is 2. The van der Waals surface area contributed by atoms with E-state index in [0.29, 0.717) is 23.8 Å². The summed E-state index contributed by atoms with van der Waals surface area (Å²) in [7, 11) is 0. The third-order valence-corrected chi connectivity index (χ3v) is 8.76. The minimum absolute atomic E-state index is 0.0644. The summed E-state index contributed by atoms with van der Waals surface area (Å²) >= 11 is 3.15. The third-order valence-electron chi connectivity index (χ3n) is 6.83. The first-order chi connectivity index (χ1) is 19.2. The number of thiazole rings is 1. The summed E-state index contributed by atoms with van der Waals surface area (Å²) in [6.45, 7) is 7.35. The number of aromatic nitrogens is 2. The van der Waals surface area contributed by atoms with Gasteiger partial charge in [-0.05, 0) is 49.1 Å². The molecule has 3 aromatic heterocycles. The second kappa shape index (κ2) is 11.8. The molecule has 9 heteroatoms. The van der Waals surface area contributed by atoms with Crippen LogP contribution in [0.2, 0.25) is 0 Å². The van der Waals surface area contributed by atoms with Crippen molar-refractivity contribution in [1.82, 2.24) is 14.9 Å². The van der Waals surface area contributed by atoms with Crippen LogP contribution in [0.15, 0.2) is 66.0 Å². The molecule has 7 nitrogen and oxygen atoms in total. The third kappa shape index (κ3) is 5.53. The number of carbonyl (C=O) groups is 1. The fraction of sp³-hybridized carbons (Fsp3) is 0.300. The Bertz CT molecular complexity index is 1580. The summed E-state index contributed by atoms with van der Waals surface area (Å²) < 4.78 is 12.4. The lowest BCUT2D eigenvalue weighted by molar-refractivity contribution is 0.0376. The van der Waals surface area contributed by atoms with Crippen molar-refractivity contribution in [3.05, 3.63) is 71.6 Å². The second-order valence-electron chi connectivity index (χ2n) is 9.35. The van der Waals surface area contributed by atoms with Crippen molar-refractivity contribution in [1.29, 1.82) is 0 Å². The number of carbonyl (C=O) groups excluding carboxylic acids is 1. The summed E-state index contributed by atoms with van der Waals surface area (Å²) in [6.07, 6.45) is 0.834. The molecular formula is C30H30N4O3S2. The quantitative estimate of drug-likeness (QED) is 0.210. The number of hydrogen-bond acceptors (Lipinski definition) is 8.